The summed E-state index contributed by atoms with van der Waals surface area (Å²) in [5, 5.41) is 1.05. The standard InChI is InChI=1S/C28H27N2O.C11H8N.Ir/c1-17(2)20-9-8-10-21(18(3)4)27(20)30-25-12-7-6-11-24(25)29-28(30)23-16-31-26-14-13-19(5)15-22(23)26;1-2-6-10(7-3-1)11-8-4-5-9-12-11;/h6-15,17-18H,1-5H3;1-6,8-9H;/q2*-1;. The van der Waals surface area contributed by atoms with E-state index in [-0.39, 0.29) is 20.1 Å². The van der Waals surface area contributed by atoms with Crippen molar-refractivity contribution in [3.63, 3.8) is 0 Å². The van der Waals surface area contributed by atoms with Crippen LogP contribution in [0.15, 0.2) is 114 Å². The number of furan rings is 1. The summed E-state index contributed by atoms with van der Waals surface area (Å²) in [7, 11) is 0. The molecule has 4 nitrogen and oxygen atoms in total. The maximum absolute atomic E-state index is 5.82. The molecule has 7 rings (SSSR count). The smallest absolute Gasteiger partial charge is 0.0774 e. The summed E-state index contributed by atoms with van der Waals surface area (Å²) in [5.41, 5.74) is 10.9. The van der Waals surface area contributed by atoms with Crippen molar-refractivity contribution >= 4 is 22.0 Å². The van der Waals surface area contributed by atoms with Gasteiger partial charge in [0.1, 0.15) is 0 Å². The zero-order valence-electron chi connectivity index (χ0n) is 25.6. The molecule has 0 saturated heterocycles. The van der Waals surface area contributed by atoms with Crippen molar-refractivity contribution in [2.75, 3.05) is 0 Å². The average molecular weight is 754 g/mol. The molecule has 44 heavy (non-hydrogen) atoms. The largest absolute Gasteiger partial charge is 0.557 e. The van der Waals surface area contributed by atoms with E-state index in [1.807, 2.05) is 54.6 Å². The summed E-state index contributed by atoms with van der Waals surface area (Å²) in [6.45, 7) is 11.1. The third-order valence-electron chi connectivity index (χ3n) is 7.67. The molecule has 5 heteroatoms. The number of rotatable bonds is 5. The first kappa shape index (κ1) is 31.1. The van der Waals surface area contributed by atoms with E-state index < -0.39 is 0 Å². The molecule has 0 bridgehead atoms. The number of aryl methyl sites for hydroxylation is 1. The second kappa shape index (κ2) is 13.5. The van der Waals surface area contributed by atoms with Gasteiger partial charge in [0.05, 0.1) is 16.9 Å². The molecule has 3 heterocycles. The predicted octanol–water partition coefficient (Wildman–Crippen LogP) is 10.3. The van der Waals surface area contributed by atoms with Gasteiger partial charge in [0, 0.05) is 43.8 Å². The Hall–Kier alpha value is -4.31. The Morgan fingerprint density at radius 1 is 0.773 bits per heavy atom. The van der Waals surface area contributed by atoms with Crippen LogP contribution in [-0.4, -0.2) is 14.5 Å². The zero-order valence-corrected chi connectivity index (χ0v) is 28.0. The van der Waals surface area contributed by atoms with Crippen molar-refractivity contribution < 1.29 is 24.5 Å². The third-order valence-corrected chi connectivity index (χ3v) is 7.67. The second-order valence-corrected chi connectivity index (χ2v) is 11.4. The molecule has 0 atom stereocenters. The molecule has 1 radical (unpaired) electrons. The van der Waals surface area contributed by atoms with Crippen LogP contribution in [-0.2, 0) is 20.1 Å². The van der Waals surface area contributed by atoms with Crippen LogP contribution in [0.2, 0.25) is 0 Å². The molecule has 7 aromatic rings. The topological polar surface area (TPSA) is 43.9 Å². The Bertz CT molecular complexity index is 1930. The minimum Gasteiger partial charge on any atom is -0.557 e. The molecule has 0 unspecified atom stereocenters. The number of aromatic nitrogens is 3. The molecular formula is C39H35IrN3O-2. The molecular weight excluding hydrogens is 719 g/mol. The Labute approximate surface area is 273 Å². The monoisotopic (exact) mass is 754 g/mol. The predicted molar refractivity (Wildman–Crippen MR) is 177 cm³/mol. The third kappa shape index (κ3) is 6.17. The molecule has 0 aliphatic heterocycles. The Morgan fingerprint density at radius 2 is 1.50 bits per heavy atom. The quantitative estimate of drug-likeness (QED) is 0.165. The van der Waals surface area contributed by atoms with Crippen LogP contribution >= 0.6 is 0 Å². The Morgan fingerprint density at radius 3 is 2.18 bits per heavy atom. The second-order valence-electron chi connectivity index (χ2n) is 11.4. The van der Waals surface area contributed by atoms with Gasteiger partial charge in [0.15, 0.2) is 0 Å². The van der Waals surface area contributed by atoms with E-state index in [9.17, 15) is 0 Å². The number of para-hydroxylation sites is 3. The fraction of sp³-hybridized carbons (Fsp3) is 0.179. The summed E-state index contributed by atoms with van der Waals surface area (Å²) in [5.74, 6) is 1.64. The van der Waals surface area contributed by atoms with Crippen LogP contribution in [0.4, 0.5) is 0 Å². The van der Waals surface area contributed by atoms with Gasteiger partial charge < -0.3 is 14.0 Å². The fourth-order valence-corrected chi connectivity index (χ4v) is 5.52. The van der Waals surface area contributed by atoms with Crippen LogP contribution in [0.25, 0.3) is 50.3 Å². The van der Waals surface area contributed by atoms with E-state index >= 15 is 0 Å². The van der Waals surface area contributed by atoms with Crippen LogP contribution in [0, 0.1) is 19.3 Å². The van der Waals surface area contributed by atoms with E-state index in [1.54, 1.807) is 6.20 Å². The SMILES string of the molecule is Cc1ccc2o[c-]c(-c3nc4ccccc4n3-c3c(C(C)C)cccc3C(C)C)c2c1.[Ir].[c-]1ccccc1-c1ccccn1. The summed E-state index contributed by atoms with van der Waals surface area (Å²) >= 11 is 0. The van der Waals surface area contributed by atoms with Gasteiger partial charge in [-0.25, -0.2) is 0 Å². The number of nitrogens with zero attached hydrogens (tertiary/aromatic N) is 3. The number of pyridine rings is 1. The van der Waals surface area contributed by atoms with Gasteiger partial charge in [-0.1, -0.05) is 105 Å². The Kier molecular flexibility index (Phi) is 9.58. The zero-order chi connectivity index (χ0) is 29.9. The number of hydrogen-bond donors (Lipinski definition) is 0. The number of fused-ring (bicyclic) bond motifs is 2. The van der Waals surface area contributed by atoms with Crippen molar-refractivity contribution in [2.45, 2.75) is 46.5 Å². The number of imidazole rings is 1. The van der Waals surface area contributed by atoms with Gasteiger partial charge in [-0.05, 0) is 53.8 Å². The van der Waals surface area contributed by atoms with Crippen LogP contribution < -0.4 is 0 Å². The summed E-state index contributed by atoms with van der Waals surface area (Å²) in [6.07, 6.45) is 4.96. The van der Waals surface area contributed by atoms with Gasteiger partial charge in [0.2, 0.25) is 0 Å². The van der Waals surface area contributed by atoms with Crippen LogP contribution in [0.3, 0.4) is 0 Å². The number of hydrogen-bond acceptors (Lipinski definition) is 3. The molecule has 0 aliphatic carbocycles. The summed E-state index contributed by atoms with van der Waals surface area (Å²) in [6, 6.07) is 38.1. The van der Waals surface area contributed by atoms with Gasteiger partial charge in [-0.2, -0.15) is 0 Å². The molecule has 3 aromatic heterocycles. The van der Waals surface area contributed by atoms with E-state index in [1.165, 1.54) is 22.4 Å². The van der Waals surface area contributed by atoms with E-state index in [4.69, 9.17) is 9.40 Å². The Balaban J connectivity index is 0.000000248. The first-order valence-electron chi connectivity index (χ1n) is 14.8. The molecule has 0 N–H and O–H groups in total. The maximum atomic E-state index is 5.82. The fourth-order valence-electron chi connectivity index (χ4n) is 5.52. The van der Waals surface area contributed by atoms with Crippen LogP contribution in [0.1, 0.15) is 56.2 Å². The summed E-state index contributed by atoms with van der Waals surface area (Å²) in [4.78, 5) is 9.30. The van der Waals surface area contributed by atoms with Gasteiger partial charge in [-0.15, -0.1) is 35.9 Å². The maximum Gasteiger partial charge on any atom is 0.0774 e. The minimum atomic E-state index is 0. The molecule has 0 fully saturated rings. The van der Waals surface area contributed by atoms with Gasteiger partial charge in [-0.3, -0.25) is 4.98 Å². The van der Waals surface area contributed by atoms with Gasteiger partial charge in [0.25, 0.3) is 0 Å². The van der Waals surface area contributed by atoms with Crippen molar-refractivity contribution in [1.82, 2.24) is 14.5 Å². The van der Waals surface area contributed by atoms with Gasteiger partial charge >= 0.3 is 0 Å². The van der Waals surface area contributed by atoms with Crippen LogP contribution in [0.5, 0.6) is 0 Å². The molecule has 0 amide bonds. The minimum absolute atomic E-state index is 0. The molecule has 4 aromatic carbocycles. The first-order valence-corrected chi connectivity index (χ1v) is 14.8. The van der Waals surface area contributed by atoms with Crippen molar-refractivity contribution in [2.24, 2.45) is 0 Å². The average Bonchev–Trinajstić information content (AvgIpc) is 3.62. The van der Waals surface area contributed by atoms with E-state index in [2.05, 4.69) is 105 Å². The van der Waals surface area contributed by atoms with E-state index in [0.717, 1.165) is 44.6 Å². The molecule has 0 spiro atoms. The molecule has 0 saturated carbocycles. The normalized spacial score (nSPS) is 11.1. The van der Waals surface area contributed by atoms with Crippen molar-refractivity contribution in [3.8, 4) is 28.3 Å². The van der Waals surface area contributed by atoms with E-state index in [0.29, 0.717) is 11.8 Å². The summed E-state index contributed by atoms with van der Waals surface area (Å²) < 4.78 is 8.14. The molecule has 223 valence electrons. The van der Waals surface area contributed by atoms with Crippen molar-refractivity contribution in [1.29, 1.82) is 0 Å². The number of benzene rings is 4. The first-order chi connectivity index (χ1) is 20.9. The molecule has 0 aliphatic rings. The van der Waals surface area contributed by atoms with Crippen molar-refractivity contribution in [3.05, 3.63) is 138 Å².